The van der Waals surface area contributed by atoms with Crippen molar-refractivity contribution in [3.05, 3.63) is 77.1 Å². The van der Waals surface area contributed by atoms with Gasteiger partial charge in [-0.05, 0) is 48.2 Å². The zero-order chi connectivity index (χ0) is 17.4. The van der Waals surface area contributed by atoms with Crippen LogP contribution in [0.15, 0.2) is 60.8 Å². The van der Waals surface area contributed by atoms with Crippen molar-refractivity contribution in [3.63, 3.8) is 0 Å². The number of aromatic nitrogens is 2. The number of thiophene rings is 1. The van der Waals surface area contributed by atoms with E-state index in [-0.39, 0.29) is 11.7 Å². The van der Waals surface area contributed by atoms with Crippen LogP contribution in [0.3, 0.4) is 0 Å². The molecule has 0 aliphatic heterocycles. The Kier molecular flexibility index (Phi) is 3.82. The number of nitrogens with one attached hydrogen (secondary N) is 1. The van der Waals surface area contributed by atoms with E-state index in [9.17, 15) is 9.18 Å². The minimum atomic E-state index is -0.304. The number of aryl methyl sites for hydroxylation is 1. The number of nitrogens with zero attached hydrogens (tertiary/aromatic N) is 2. The van der Waals surface area contributed by atoms with Crippen LogP contribution in [-0.4, -0.2) is 15.7 Å². The predicted molar refractivity (Wildman–Crippen MR) is 98.0 cm³/mol. The summed E-state index contributed by atoms with van der Waals surface area (Å²) in [7, 11) is 0. The number of anilines is 1. The van der Waals surface area contributed by atoms with Crippen LogP contribution >= 0.6 is 11.3 Å². The van der Waals surface area contributed by atoms with E-state index >= 15 is 0 Å². The second-order valence-electron chi connectivity index (χ2n) is 5.63. The predicted octanol–water partition coefficient (Wildman–Crippen LogP) is 4.79. The smallest absolute Gasteiger partial charge is 0.267 e. The molecular formula is C19H14FN3OS. The lowest BCUT2D eigenvalue weighted by atomic mass is 10.1. The normalized spacial score (nSPS) is 11.0. The monoisotopic (exact) mass is 351 g/mol. The van der Waals surface area contributed by atoms with Crippen molar-refractivity contribution in [1.29, 1.82) is 0 Å². The second-order valence-corrected chi connectivity index (χ2v) is 6.68. The topological polar surface area (TPSA) is 46.9 Å². The highest BCUT2D eigenvalue weighted by molar-refractivity contribution is 7.21. The average Bonchev–Trinajstić information content (AvgIpc) is 3.21. The Morgan fingerprint density at radius 2 is 1.96 bits per heavy atom. The van der Waals surface area contributed by atoms with Gasteiger partial charge in [0.05, 0.1) is 10.6 Å². The van der Waals surface area contributed by atoms with Crippen molar-refractivity contribution in [3.8, 4) is 5.69 Å². The Balaban J connectivity index is 1.61. The van der Waals surface area contributed by atoms with Gasteiger partial charge in [-0.1, -0.05) is 18.2 Å². The maximum absolute atomic E-state index is 13.4. The molecule has 1 N–H and O–H groups in total. The fraction of sp³-hybridized carbons (Fsp3) is 0.0526. The van der Waals surface area contributed by atoms with Gasteiger partial charge in [-0.15, -0.1) is 11.3 Å². The number of amides is 1. The highest BCUT2D eigenvalue weighted by atomic mass is 32.1. The summed E-state index contributed by atoms with van der Waals surface area (Å²) in [6, 6.07) is 16.0. The summed E-state index contributed by atoms with van der Waals surface area (Å²) in [6.07, 6.45) is 1.79. The molecule has 2 aromatic heterocycles. The molecule has 6 heteroatoms. The Morgan fingerprint density at radius 3 is 2.76 bits per heavy atom. The number of fused-ring (bicyclic) bond motifs is 1. The maximum Gasteiger partial charge on any atom is 0.267 e. The molecule has 1 amide bonds. The molecule has 0 radical (unpaired) electrons. The third-order valence-corrected chi connectivity index (χ3v) is 5.23. The van der Waals surface area contributed by atoms with E-state index in [1.807, 2.05) is 37.3 Å². The standard InChI is InChI=1S/C19H14FN3OS/c1-12-15-11-13(20)7-8-16(15)25-18(12)19(24)21-17-9-10-23(22-17)14-5-3-2-4-6-14/h2-11H,1H3,(H,21,22,24). The quantitative estimate of drug-likeness (QED) is 0.577. The fourth-order valence-electron chi connectivity index (χ4n) is 2.70. The molecule has 2 aromatic carbocycles. The van der Waals surface area contributed by atoms with Gasteiger partial charge in [0.2, 0.25) is 0 Å². The SMILES string of the molecule is Cc1c(C(=O)Nc2ccn(-c3ccccc3)n2)sc2ccc(F)cc12. The number of hydrogen-bond donors (Lipinski definition) is 1. The molecule has 4 aromatic rings. The molecule has 0 bridgehead atoms. The van der Waals surface area contributed by atoms with E-state index < -0.39 is 0 Å². The van der Waals surface area contributed by atoms with E-state index in [1.54, 1.807) is 23.0 Å². The van der Waals surface area contributed by atoms with Gasteiger partial charge in [-0.3, -0.25) is 4.79 Å². The molecule has 25 heavy (non-hydrogen) atoms. The van der Waals surface area contributed by atoms with Crippen molar-refractivity contribution in [2.75, 3.05) is 5.32 Å². The molecule has 0 spiro atoms. The van der Waals surface area contributed by atoms with E-state index in [0.29, 0.717) is 10.7 Å². The Hall–Kier alpha value is -2.99. The summed E-state index contributed by atoms with van der Waals surface area (Å²) in [4.78, 5) is 13.2. The minimum absolute atomic E-state index is 0.239. The van der Waals surface area contributed by atoms with Gasteiger partial charge >= 0.3 is 0 Å². The first-order valence-corrected chi connectivity index (χ1v) is 8.54. The minimum Gasteiger partial charge on any atom is -0.304 e. The lowest BCUT2D eigenvalue weighted by Crippen LogP contribution is -2.12. The van der Waals surface area contributed by atoms with E-state index in [0.717, 1.165) is 21.3 Å². The van der Waals surface area contributed by atoms with E-state index in [1.165, 1.54) is 23.5 Å². The summed E-state index contributed by atoms with van der Waals surface area (Å²) >= 11 is 1.35. The van der Waals surface area contributed by atoms with Crippen molar-refractivity contribution in [1.82, 2.24) is 9.78 Å². The molecule has 2 heterocycles. The number of carbonyl (C=O) groups excluding carboxylic acids is 1. The fourth-order valence-corrected chi connectivity index (χ4v) is 3.78. The summed E-state index contributed by atoms with van der Waals surface area (Å²) in [5, 5.41) is 7.95. The number of para-hydroxylation sites is 1. The number of halogens is 1. The summed E-state index contributed by atoms with van der Waals surface area (Å²) in [5.41, 5.74) is 1.69. The van der Waals surface area contributed by atoms with Crippen molar-refractivity contribution >= 4 is 33.1 Å². The second kappa shape index (κ2) is 6.14. The van der Waals surface area contributed by atoms with Gasteiger partial charge < -0.3 is 5.32 Å². The molecule has 0 fully saturated rings. The molecule has 0 saturated heterocycles. The lowest BCUT2D eigenvalue weighted by Gasteiger charge is -2.02. The number of hydrogen-bond acceptors (Lipinski definition) is 3. The van der Waals surface area contributed by atoms with Crippen LogP contribution in [0.2, 0.25) is 0 Å². The van der Waals surface area contributed by atoms with Crippen LogP contribution < -0.4 is 5.32 Å². The van der Waals surface area contributed by atoms with Crippen LogP contribution in [0.4, 0.5) is 10.2 Å². The van der Waals surface area contributed by atoms with Crippen molar-refractivity contribution in [2.24, 2.45) is 0 Å². The van der Waals surface area contributed by atoms with Crippen LogP contribution in [0.5, 0.6) is 0 Å². The highest BCUT2D eigenvalue weighted by Gasteiger charge is 2.17. The third kappa shape index (κ3) is 2.92. The maximum atomic E-state index is 13.4. The molecule has 124 valence electrons. The van der Waals surface area contributed by atoms with Crippen LogP contribution in [-0.2, 0) is 0 Å². The number of carbonyl (C=O) groups is 1. The van der Waals surface area contributed by atoms with Gasteiger partial charge in [-0.25, -0.2) is 9.07 Å². The Morgan fingerprint density at radius 1 is 1.16 bits per heavy atom. The van der Waals surface area contributed by atoms with Gasteiger partial charge in [0.25, 0.3) is 5.91 Å². The average molecular weight is 351 g/mol. The van der Waals surface area contributed by atoms with E-state index in [2.05, 4.69) is 10.4 Å². The molecule has 0 saturated carbocycles. The van der Waals surface area contributed by atoms with Crippen molar-refractivity contribution < 1.29 is 9.18 Å². The largest absolute Gasteiger partial charge is 0.304 e. The third-order valence-electron chi connectivity index (χ3n) is 3.96. The summed E-state index contributed by atoms with van der Waals surface area (Å²) < 4.78 is 16.0. The highest BCUT2D eigenvalue weighted by Crippen LogP contribution is 2.31. The molecule has 0 aliphatic carbocycles. The first-order valence-electron chi connectivity index (χ1n) is 7.73. The van der Waals surface area contributed by atoms with Crippen LogP contribution in [0.25, 0.3) is 15.8 Å². The number of benzene rings is 2. The lowest BCUT2D eigenvalue weighted by molar-refractivity contribution is 0.102. The van der Waals surface area contributed by atoms with Gasteiger partial charge in [0.1, 0.15) is 5.82 Å². The summed E-state index contributed by atoms with van der Waals surface area (Å²) in [5.74, 6) is -0.0729. The van der Waals surface area contributed by atoms with Gasteiger partial charge in [0, 0.05) is 17.0 Å². The Labute approximate surface area is 147 Å². The first-order chi connectivity index (χ1) is 12.1. The Bertz CT molecular complexity index is 1070. The molecule has 0 unspecified atom stereocenters. The zero-order valence-corrected chi connectivity index (χ0v) is 14.2. The van der Waals surface area contributed by atoms with E-state index in [4.69, 9.17) is 0 Å². The molecular weight excluding hydrogens is 337 g/mol. The van der Waals surface area contributed by atoms with Crippen LogP contribution in [0.1, 0.15) is 15.2 Å². The first kappa shape index (κ1) is 15.5. The molecule has 0 atom stereocenters. The van der Waals surface area contributed by atoms with Gasteiger partial charge in [0.15, 0.2) is 5.82 Å². The van der Waals surface area contributed by atoms with Crippen molar-refractivity contribution in [2.45, 2.75) is 6.92 Å². The number of rotatable bonds is 3. The zero-order valence-electron chi connectivity index (χ0n) is 13.4. The van der Waals surface area contributed by atoms with Gasteiger partial charge in [-0.2, -0.15) is 5.10 Å². The molecule has 4 rings (SSSR count). The summed E-state index contributed by atoms with van der Waals surface area (Å²) in [6.45, 7) is 1.83. The molecule has 0 aliphatic rings. The van der Waals surface area contributed by atoms with Crippen LogP contribution in [0, 0.1) is 12.7 Å². The molecule has 4 nitrogen and oxygen atoms in total.